The zero-order chi connectivity index (χ0) is 29.6. The molecule has 12 heteroatoms. The largest absolute Gasteiger partial charge is 0.444 e. The first kappa shape index (κ1) is 30.3. The van der Waals surface area contributed by atoms with E-state index in [9.17, 15) is 27.6 Å². The van der Waals surface area contributed by atoms with Crippen LogP contribution in [0, 0.1) is 5.41 Å². The molecule has 4 aliphatic rings. The summed E-state index contributed by atoms with van der Waals surface area (Å²) in [4.78, 5) is 55.0. The molecular formula is C28H44N4O7S. The second-order valence-electron chi connectivity index (χ2n) is 13.3. The van der Waals surface area contributed by atoms with E-state index < -0.39 is 61.3 Å². The molecule has 40 heavy (non-hydrogen) atoms. The number of alkyl carbamates (subject to hydrolysis) is 1. The van der Waals surface area contributed by atoms with Gasteiger partial charge in [-0.15, -0.1) is 0 Å². The minimum absolute atomic E-state index is 0.254. The molecule has 0 spiro atoms. The van der Waals surface area contributed by atoms with Gasteiger partial charge in [-0.25, -0.2) is 13.2 Å². The maximum absolute atomic E-state index is 13.7. The molecule has 4 unspecified atom stereocenters. The van der Waals surface area contributed by atoms with Crippen molar-refractivity contribution in [3.05, 3.63) is 12.2 Å². The highest BCUT2D eigenvalue weighted by Crippen LogP contribution is 2.58. The molecule has 2 heterocycles. The fraction of sp³-hybridized carbons (Fsp3) is 0.786. The molecule has 2 saturated carbocycles. The normalized spacial score (nSPS) is 32.5. The Morgan fingerprint density at radius 2 is 1.77 bits per heavy atom. The number of carbonyl (C=O) groups is 4. The van der Waals surface area contributed by atoms with E-state index >= 15 is 0 Å². The molecular weight excluding hydrogens is 536 g/mol. The quantitative estimate of drug-likeness (QED) is 0.433. The number of hydrogen-bond acceptors (Lipinski definition) is 7. The molecule has 0 aromatic carbocycles. The van der Waals surface area contributed by atoms with Crippen LogP contribution in [0.5, 0.6) is 0 Å². The highest BCUT2D eigenvalue weighted by molar-refractivity contribution is 7.91. The van der Waals surface area contributed by atoms with Crippen molar-refractivity contribution in [2.75, 3.05) is 6.54 Å². The van der Waals surface area contributed by atoms with Crippen LogP contribution in [-0.4, -0.2) is 71.6 Å². The summed E-state index contributed by atoms with van der Waals surface area (Å²) in [7, 11) is -3.91. The Bertz CT molecular complexity index is 1190. The monoisotopic (exact) mass is 580 g/mol. The minimum Gasteiger partial charge on any atom is -0.444 e. The van der Waals surface area contributed by atoms with E-state index in [1.807, 2.05) is 19.1 Å². The number of nitrogens with zero attached hydrogens (tertiary/aromatic N) is 1. The fourth-order valence-corrected chi connectivity index (χ4v) is 7.01. The molecule has 11 nitrogen and oxygen atoms in total. The zero-order valence-electron chi connectivity index (χ0n) is 24.3. The number of sulfonamides is 1. The van der Waals surface area contributed by atoms with Crippen molar-refractivity contribution in [2.24, 2.45) is 5.41 Å². The Morgan fingerprint density at radius 1 is 1.07 bits per heavy atom. The number of allylic oxidation sites excluding steroid dienone is 1. The molecule has 1 saturated heterocycles. The van der Waals surface area contributed by atoms with E-state index in [0.29, 0.717) is 45.1 Å². The molecule has 3 fully saturated rings. The highest BCUT2D eigenvalue weighted by Gasteiger charge is 2.70. The molecule has 0 aromatic heterocycles. The van der Waals surface area contributed by atoms with Crippen molar-refractivity contribution in [2.45, 2.75) is 127 Å². The molecule has 4 rings (SSSR count). The van der Waals surface area contributed by atoms with Crippen molar-refractivity contribution in [3.8, 4) is 0 Å². The van der Waals surface area contributed by atoms with Crippen LogP contribution in [0.4, 0.5) is 4.79 Å². The molecule has 2 aliphatic carbocycles. The summed E-state index contributed by atoms with van der Waals surface area (Å²) in [5.74, 6) is -1.61. The zero-order valence-corrected chi connectivity index (χ0v) is 25.1. The van der Waals surface area contributed by atoms with Crippen LogP contribution in [0.3, 0.4) is 0 Å². The molecule has 0 bridgehead atoms. The lowest BCUT2D eigenvalue weighted by molar-refractivity contribution is -0.141. The standard InChI is InChI=1S/C28H44N4O7S/c1-25(2,3)39-24(36)29-19-12-9-7-6-8-10-14-26(4)18-28(26,23(35)31-40(37,38)27(5)15-16-27)30-21(33)20-13-11-17-32(20)22(19)34/h10,14,19-20H,6-9,11-13,15-18H2,1-5H3,(H,29,36)(H,30,33)(H,31,35). The van der Waals surface area contributed by atoms with E-state index in [1.165, 1.54) is 4.90 Å². The first-order chi connectivity index (χ1) is 18.5. The number of ether oxygens (including phenoxy) is 1. The van der Waals surface area contributed by atoms with Gasteiger partial charge in [-0.1, -0.05) is 31.9 Å². The van der Waals surface area contributed by atoms with Gasteiger partial charge in [-0.2, -0.15) is 0 Å². The predicted octanol–water partition coefficient (Wildman–Crippen LogP) is 2.65. The summed E-state index contributed by atoms with van der Waals surface area (Å²) < 4.78 is 32.4. The van der Waals surface area contributed by atoms with E-state index in [1.54, 1.807) is 27.7 Å². The van der Waals surface area contributed by atoms with Gasteiger partial charge in [0.15, 0.2) is 0 Å². The van der Waals surface area contributed by atoms with Gasteiger partial charge in [0, 0.05) is 12.0 Å². The first-order valence-electron chi connectivity index (χ1n) is 14.4. The maximum Gasteiger partial charge on any atom is 0.408 e. The summed E-state index contributed by atoms with van der Waals surface area (Å²) in [6, 6.07) is -1.69. The van der Waals surface area contributed by atoms with Crippen LogP contribution >= 0.6 is 0 Å². The third-order valence-corrected chi connectivity index (χ3v) is 10.9. The summed E-state index contributed by atoms with van der Waals surface area (Å²) in [5.41, 5.74) is -2.93. The van der Waals surface area contributed by atoms with Crippen LogP contribution < -0.4 is 15.4 Å². The van der Waals surface area contributed by atoms with Crippen molar-refractivity contribution in [1.82, 2.24) is 20.3 Å². The van der Waals surface area contributed by atoms with Crippen LogP contribution in [0.1, 0.15) is 98.8 Å². The van der Waals surface area contributed by atoms with Gasteiger partial charge in [0.2, 0.25) is 21.8 Å². The smallest absolute Gasteiger partial charge is 0.408 e. The van der Waals surface area contributed by atoms with Gasteiger partial charge in [0.1, 0.15) is 23.2 Å². The van der Waals surface area contributed by atoms with Crippen LogP contribution in [0.2, 0.25) is 0 Å². The summed E-state index contributed by atoms with van der Waals surface area (Å²) in [6.07, 6.45) is 8.88. The van der Waals surface area contributed by atoms with Crippen molar-refractivity contribution in [1.29, 1.82) is 0 Å². The Balaban J connectivity index is 1.58. The number of carbonyl (C=O) groups excluding carboxylic acids is 4. The molecule has 0 aromatic rings. The van der Waals surface area contributed by atoms with Gasteiger partial charge >= 0.3 is 6.09 Å². The molecule has 224 valence electrons. The van der Waals surface area contributed by atoms with Gasteiger partial charge in [-0.3, -0.25) is 19.1 Å². The van der Waals surface area contributed by atoms with Gasteiger partial charge in [0.05, 0.1) is 4.75 Å². The molecule has 4 atom stereocenters. The molecule has 0 radical (unpaired) electrons. The van der Waals surface area contributed by atoms with Crippen LogP contribution in [0.25, 0.3) is 0 Å². The average molecular weight is 581 g/mol. The second kappa shape index (κ2) is 10.6. The Morgan fingerprint density at radius 3 is 2.42 bits per heavy atom. The van der Waals surface area contributed by atoms with E-state index in [2.05, 4.69) is 15.4 Å². The predicted molar refractivity (Wildman–Crippen MR) is 148 cm³/mol. The molecule has 3 N–H and O–H groups in total. The van der Waals surface area contributed by atoms with Gasteiger partial charge in [-0.05, 0) is 79.1 Å². The number of fused-ring (bicyclic) bond motifs is 2. The van der Waals surface area contributed by atoms with Gasteiger partial charge in [0.25, 0.3) is 5.91 Å². The van der Waals surface area contributed by atoms with E-state index in [0.717, 1.165) is 19.3 Å². The number of nitrogens with one attached hydrogen (secondary N) is 3. The van der Waals surface area contributed by atoms with Crippen molar-refractivity contribution < 1.29 is 32.3 Å². The Labute approximate surface area is 237 Å². The molecule has 2 aliphatic heterocycles. The number of rotatable bonds is 4. The third-order valence-electron chi connectivity index (χ3n) is 8.71. The third kappa shape index (κ3) is 6.16. The Kier molecular flexibility index (Phi) is 8.07. The lowest BCUT2D eigenvalue weighted by Crippen LogP contribution is -2.59. The summed E-state index contributed by atoms with van der Waals surface area (Å²) >= 11 is 0. The highest BCUT2D eigenvalue weighted by atomic mass is 32.2. The molecule has 4 amide bonds. The van der Waals surface area contributed by atoms with Crippen LogP contribution in [-0.2, 0) is 29.1 Å². The number of hydrogen-bond donors (Lipinski definition) is 3. The lowest BCUT2D eigenvalue weighted by atomic mass is 9.99. The van der Waals surface area contributed by atoms with Crippen molar-refractivity contribution >= 4 is 33.8 Å². The topological polar surface area (TPSA) is 151 Å². The van der Waals surface area contributed by atoms with Gasteiger partial charge < -0.3 is 20.3 Å². The first-order valence-corrected chi connectivity index (χ1v) is 15.9. The second-order valence-corrected chi connectivity index (χ2v) is 15.5. The minimum atomic E-state index is -3.91. The van der Waals surface area contributed by atoms with E-state index in [4.69, 9.17) is 4.74 Å². The SMILES string of the molecule is CC(C)(C)OC(=O)NC1CCCCCC=CC2(C)CC2(C(=O)NS(=O)(=O)C2(C)CC2)NC(=O)C2CCCN2C1=O. The summed E-state index contributed by atoms with van der Waals surface area (Å²) in [5, 5.41) is 5.59. The lowest BCUT2D eigenvalue weighted by Gasteiger charge is -2.31. The van der Waals surface area contributed by atoms with E-state index in [-0.39, 0.29) is 12.3 Å². The Hall–Kier alpha value is -2.63. The van der Waals surface area contributed by atoms with Crippen LogP contribution in [0.15, 0.2) is 12.2 Å². The number of amides is 4. The maximum atomic E-state index is 13.7. The summed E-state index contributed by atoms with van der Waals surface area (Å²) in [6.45, 7) is 9.01. The van der Waals surface area contributed by atoms with Crippen molar-refractivity contribution in [3.63, 3.8) is 0 Å². The average Bonchev–Trinajstić information content (AvgIpc) is 3.64. The fourth-order valence-electron chi connectivity index (χ4n) is 5.70.